The Morgan fingerprint density at radius 2 is 1.84 bits per heavy atom. The molecule has 0 aliphatic rings. The smallest absolute Gasteiger partial charge is 0.317 e. The highest BCUT2D eigenvalue weighted by atomic mass is 79.9. The van der Waals surface area contributed by atoms with Crippen LogP contribution >= 0.6 is 15.9 Å². The number of esters is 1. The van der Waals surface area contributed by atoms with Crippen molar-refractivity contribution < 1.29 is 23.5 Å². The van der Waals surface area contributed by atoms with Crippen molar-refractivity contribution >= 4 is 33.5 Å². The quantitative estimate of drug-likeness (QED) is 0.373. The third-order valence-electron chi connectivity index (χ3n) is 3.88. The van der Waals surface area contributed by atoms with Crippen LogP contribution in [0.1, 0.15) is 42.3 Å². The zero-order valence-corrected chi connectivity index (χ0v) is 15.6. The first-order valence-electron chi connectivity index (χ1n) is 7.93. The maximum atomic E-state index is 12.5. The van der Waals surface area contributed by atoms with Gasteiger partial charge in [-0.05, 0) is 43.7 Å². The molecule has 0 bridgehead atoms. The molecule has 1 aromatic carbocycles. The average molecular weight is 407 g/mol. The molecule has 0 fully saturated rings. The fraction of sp³-hybridized carbons (Fsp3) is 0.316. The van der Waals surface area contributed by atoms with Gasteiger partial charge in [0.05, 0.1) is 12.9 Å². The first kappa shape index (κ1) is 19.1. The van der Waals surface area contributed by atoms with Crippen molar-refractivity contribution in [3.05, 3.63) is 58.5 Å². The monoisotopic (exact) mass is 406 g/mol. The molecule has 2 unspecified atom stereocenters. The molecule has 0 aliphatic carbocycles. The van der Waals surface area contributed by atoms with Gasteiger partial charge < -0.3 is 9.15 Å². The summed E-state index contributed by atoms with van der Waals surface area (Å²) in [5.74, 6) is -2.68. The largest absolute Gasteiger partial charge is 0.465 e. The molecular formula is C19H19BrO5. The lowest BCUT2D eigenvalue weighted by Crippen LogP contribution is -2.31. The van der Waals surface area contributed by atoms with E-state index in [9.17, 15) is 14.4 Å². The molecular weight excluding hydrogens is 388 g/mol. The Bertz CT molecular complexity index is 734. The molecule has 5 nitrogen and oxygen atoms in total. The van der Waals surface area contributed by atoms with Crippen molar-refractivity contribution in [2.45, 2.75) is 26.2 Å². The molecule has 0 N–H and O–H groups in total. The van der Waals surface area contributed by atoms with Crippen molar-refractivity contribution in [3.8, 4) is 0 Å². The number of hydrogen-bond acceptors (Lipinski definition) is 5. The number of carbonyl (C=O) groups is 3. The number of halogens is 1. The van der Waals surface area contributed by atoms with Crippen LogP contribution in [0.4, 0.5) is 0 Å². The van der Waals surface area contributed by atoms with Gasteiger partial charge in [-0.2, -0.15) is 0 Å². The second-order valence-corrected chi connectivity index (χ2v) is 6.52. The van der Waals surface area contributed by atoms with Crippen molar-refractivity contribution in [1.82, 2.24) is 0 Å². The average Bonchev–Trinajstić information content (AvgIpc) is 3.09. The minimum Gasteiger partial charge on any atom is -0.465 e. The van der Waals surface area contributed by atoms with Crippen molar-refractivity contribution in [2.24, 2.45) is 5.92 Å². The summed E-state index contributed by atoms with van der Waals surface area (Å²) in [6.07, 6.45) is 1.38. The summed E-state index contributed by atoms with van der Waals surface area (Å²) in [6.45, 7) is 3.18. The van der Waals surface area contributed by atoms with E-state index < -0.39 is 17.8 Å². The summed E-state index contributed by atoms with van der Waals surface area (Å²) in [5, 5.41) is 0. The SMILES string of the molecule is CCOC(=O)C(C(C)=O)C(CC(=O)c1ccco1)c1ccc(Br)cc1. The predicted molar refractivity (Wildman–Crippen MR) is 95.3 cm³/mol. The van der Waals surface area contributed by atoms with Crippen LogP contribution in [0.5, 0.6) is 0 Å². The van der Waals surface area contributed by atoms with E-state index in [2.05, 4.69) is 15.9 Å². The Balaban J connectivity index is 2.39. The van der Waals surface area contributed by atoms with Gasteiger partial charge in [0.2, 0.25) is 0 Å². The lowest BCUT2D eigenvalue weighted by Gasteiger charge is -2.23. The van der Waals surface area contributed by atoms with Crippen LogP contribution in [-0.2, 0) is 14.3 Å². The number of furan rings is 1. The second-order valence-electron chi connectivity index (χ2n) is 5.60. The van der Waals surface area contributed by atoms with Gasteiger partial charge in [0.1, 0.15) is 11.7 Å². The number of carbonyl (C=O) groups excluding carboxylic acids is 3. The van der Waals surface area contributed by atoms with E-state index in [4.69, 9.17) is 9.15 Å². The molecule has 2 rings (SSSR count). The summed E-state index contributed by atoms with van der Waals surface area (Å²) >= 11 is 3.36. The maximum Gasteiger partial charge on any atom is 0.317 e. The molecule has 1 heterocycles. The zero-order valence-electron chi connectivity index (χ0n) is 14.0. The third-order valence-corrected chi connectivity index (χ3v) is 4.41. The number of rotatable bonds is 8. The van der Waals surface area contributed by atoms with Crippen LogP contribution in [0.2, 0.25) is 0 Å². The molecule has 132 valence electrons. The highest BCUT2D eigenvalue weighted by Gasteiger charge is 2.36. The number of benzene rings is 1. The molecule has 0 amide bonds. The summed E-state index contributed by atoms with van der Waals surface area (Å²) < 4.78 is 11.1. The van der Waals surface area contributed by atoms with E-state index in [1.165, 1.54) is 13.2 Å². The van der Waals surface area contributed by atoms with Crippen molar-refractivity contribution in [2.75, 3.05) is 6.61 Å². The lowest BCUT2D eigenvalue weighted by molar-refractivity contribution is -0.152. The number of ketones is 2. The van der Waals surface area contributed by atoms with E-state index in [1.807, 2.05) is 12.1 Å². The first-order valence-corrected chi connectivity index (χ1v) is 8.72. The van der Waals surface area contributed by atoms with Crippen LogP contribution in [0.15, 0.2) is 51.6 Å². The van der Waals surface area contributed by atoms with Crippen LogP contribution < -0.4 is 0 Å². The topological polar surface area (TPSA) is 73.6 Å². The van der Waals surface area contributed by atoms with Gasteiger partial charge >= 0.3 is 5.97 Å². The normalized spacial score (nSPS) is 13.1. The van der Waals surface area contributed by atoms with Gasteiger partial charge in [0.15, 0.2) is 11.5 Å². The Kier molecular flexibility index (Phi) is 6.70. The molecule has 0 spiro atoms. The maximum absolute atomic E-state index is 12.5. The molecule has 2 atom stereocenters. The van der Waals surface area contributed by atoms with E-state index in [1.54, 1.807) is 31.2 Å². The molecule has 1 aromatic heterocycles. The van der Waals surface area contributed by atoms with Crippen LogP contribution in [-0.4, -0.2) is 24.1 Å². The van der Waals surface area contributed by atoms with Gasteiger partial charge in [-0.15, -0.1) is 0 Å². The fourth-order valence-corrected chi connectivity index (χ4v) is 2.99. The van der Waals surface area contributed by atoms with E-state index in [0.29, 0.717) is 0 Å². The van der Waals surface area contributed by atoms with E-state index >= 15 is 0 Å². The van der Waals surface area contributed by atoms with Gasteiger partial charge in [0, 0.05) is 16.8 Å². The summed E-state index contributed by atoms with van der Waals surface area (Å²) in [6, 6.07) is 10.4. The molecule has 0 radical (unpaired) electrons. The number of hydrogen-bond donors (Lipinski definition) is 0. The van der Waals surface area contributed by atoms with Gasteiger partial charge in [0.25, 0.3) is 0 Å². The zero-order chi connectivity index (χ0) is 18.4. The highest BCUT2D eigenvalue weighted by molar-refractivity contribution is 9.10. The van der Waals surface area contributed by atoms with Crippen molar-refractivity contribution in [1.29, 1.82) is 0 Å². The van der Waals surface area contributed by atoms with Gasteiger partial charge in [-0.1, -0.05) is 28.1 Å². The molecule has 25 heavy (non-hydrogen) atoms. The third kappa shape index (κ3) is 4.89. The van der Waals surface area contributed by atoms with Crippen LogP contribution in [0, 0.1) is 5.92 Å². The second kappa shape index (κ2) is 8.76. The van der Waals surface area contributed by atoms with Gasteiger partial charge in [-0.25, -0.2) is 0 Å². The van der Waals surface area contributed by atoms with Crippen LogP contribution in [0.3, 0.4) is 0 Å². The predicted octanol–water partition coefficient (Wildman–Crippen LogP) is 4.17. The highest BCUT2D eigenvalue weighted by Crippen LogP contribution is 2.32. The molecule has 2 aromatic rings. The summed E-state index contributed by atoms with van der Waals surface area (Å²) in [5.41, 5.74) is 0.719. The Labute approximate surface area is 154 Å². The van der Waals surface area contributed by atoms with E-state index in [0.717, 1.165) is 10.0 Å². The molecule has 0 aliphatic heterocycles. The first-order chi connectivity index (χ1) is 11.9. The fourth-order valence-electron chi connectivity index (χ4n) is 2.72. The number of Topliss-reactive ketones (excluding diaryl/α,β-unsaturated/α-hetero) is 2. The summed E-state index contributed by atoms with van der Waals surface area (Å²) in [7, 11) is 0. The van der Waals surface area contributed by atoms with Gasteiger partial charge in [-0.3, -0.25) is 14.4 Å². The Morgan fingerprint density at radius 3 is 2.36 bits per heavy atom. The minimum absolute atomic E-state index is 0.0296. The van der Waals surface area contributed by atoms with Crippen molar-refractivity contribution in [3.63, 3.8) is 0 Å². The molecule has 0 saturated carbocycles. The van der Waals surface area contributed by atoms with Crippen LogP contribution in [0.25, 0.3) is 0 Å². The van der Waals surface area contributed by atoms with E-state index in [-0.39, 0.29) is 30.4 Å². The Morgan fingerprint density at radius 1 is 1.16 bits per heavy atom. The Hall–Kier alpha value is -2.21. The standard InChI is InChI=1S/C19H19BrO5/c1-3-24-19(23)18(12(2)21)15(13-6-8-14(20)9-7-13)11-16(22)17-5-4-10-25-17/h4-10,15,18H,3,11H2,1-2H3. The molecule has 0 saturated heterocycles. The molecule has 6 heteroatoms. The number of ether oxygens (including phenoxy) is 1. The lowest BCUT2D eigenvalue weighted by atomic mass is 9.80. The minimum atomic E-state index is -1.04. The summed E-state index contributed by atoms with van der Waals surface area (Å²) in [4.78, 5) is 37.0.